The van der Waals surface area contributed by atoms with E-state index in [2.05, 4.69) is 4.72 Å². The second-order valence-corrected chi connectivity index (χ2v) is 6.74. The largest absolute Gasteiger partial charge is 0.486 e. The van der Waals surface area contributed by atoms with Gasteiger partial charge >= 0.3 is 0 Å². The standard InChI is InChI=1S/C12H16N2O4S2/c1-8(6-12(13)19)14-20(15,16)9-2-3-10-11(7-9)18-5-4-17-10/h2-3,7-8,14H,4-6H2,1H3,(H2,13,19). The molecule has 1 atom stereocenters. The Balaban J connectivity index is 2.19. The minimum atomic E-state index is -3.64. The molecule has 2 rings (SSSR count). The number of ether oxygens (including phenoxy) is 2. The molecule has 0 radical (unpaired) electrons. The van der Waals surface area contributed by atoms with Crippen LogP contribution in [0.15, 0.2) is 23.1 Å². The number of hydrogen-bond acceptors (Lipinski definition) is 5. The van der Waals surface area contributed by atoms with Crippen LogP contribution in [0.1, 0.15) is 13.3 Å². The van der Waals surface area contributed by atoms with Gasteiger partial charge in [-0.05, 0) is 19.1 Å². The lowest BCUT2D eigenvalue weighted by molar-refractivity contribution is 0.171. The van der Waals surface area contributed by atoms with E-state index < -0.39 is 10.0 Å². The number of fused-ring (bicyclic) bond motifs is 1. The number of benzene rings is 1. The van der Waals surface area contributed by atoms with Crippen LogP contribution in [-0.2, 0) is 10.0 Å². The molecule has 0 saturated carbocycles. The second kappa shape index (κ2) is 5.94. The summed E-state index contributed by atoms with van der Waals surface area (Å²) in [5.74, 6) is 0.979. The Bertz CT molecular complexity index is 616. The number of rotatable bonds is 5. The number of sulfonamides is 1. The van der Waals surface area contributed by atoms with Crippen molar-refractivity contribution in [2.24, 2.45) is 5.73 Å². The monoisotopic (exact) mass is 316 g/mol. The van der Waals surface area contributed by atoms with E-state index in [1.807, 2.05) is 0 Å². The summed E-state index contributed by atoms with van der Waals surface area (Å²) in [6.45, 7) is 2.57. The third kappa shape index (κ3) is 3.59. The molecule has 3 N–H and O–H groups in total. The molecule has 0 bridgehead atoms. The topological polar surface area (TPSA) is 90.7 Å². The maximum atomic E-state index is 12.2. The van der Waals surface area contributed by atoms with E-state index >= 15 is 0 Å². The van der Waals surface area contributed by atoms with Crippen LogP contribution in [0, 0.1) is 0 Å². The summed E-state index contributed by atoms with van der Waals surface area (Å²) in [5.41, 5.74) is 5.40. The van der Waals surface area contributed by atoms with Crippen LogP contribution in [0.25, 0.3) is 0 Å². The number of nitrogens with one attached hydrogen (secondary N) is 1. The van der Waals surface area contributed by atoms with Crippen molar-refractivity contribution in [1.82, 2.24) is 4.72 Å². The minimum Gasteiger partial charge on any atom is -0.486 e. The van der Waals surface area contributed by atoms with Crippen LogP contribution >= 0.6 is 12.2 Å². The highest BCUT2D eigenvalue weighted by atomic mass is 32.2. The first-order valence-electron chi connectivity index (χ1n) is 6.09. The van der Waals surface area contributed by atoms with Crippen LogP contribution in [0.5, 0.6) is 11.5 Å². The highest BCUT2D eigenvalue weighted by molar-refractivity contribution is 7.89. The van der Waals surface area contributed by atoms with E-state index in [0.717, 1.165) is 0 Å². The van der Waals surface area contributed by atoms with Gasteiger partial charge in [0, 0.05) is 18.5 Å². The van der Waals surface area contributed by atoms with Gasteiger partial charge in [-0.15, -0.1) is 0 Å². The van der Waals surface area contributed by atoms with E-state index in [-0.39, 0.29) is 15.9 Å². The molecular weight excluding hydrogens is 300 g/mol. The fraction of sp³-hybridized carbons (Fsp3) is 0.417. The molecule has 0 fully saturated rings. The first kappa shape index (κ1) is 15.0. The third-order valence-electron chi connectivity index (χ3n) is 2.69. The van der Waals surface area contributed by atoms with Crippen molar-refractivity contribution in [3.8, 4) is 11.5 Å². The van der Waals surface area contributed by atoms with Gasteiger partial charge in [0.1, 0.15) is 13.2 Å². The zero-order valence-electron chi connectivity index (χ0n) is 11.0. The van der Waals surface area contributed by atoms with Crippen LogP contribution < -0.4 is 19.9 Å². The van der Waals surface area contributed by atoms with Gasteiger partial charge in [0.2, 0.25) is 10.0 Å². The van der Waals surface area contributed by atoms with Gasteiger partial charge in [0.15, 0.2) is 11.5 Å². The predicted molar refractivity (Wildman–Crippen MR) is 78.6 cm³/mol. The highest BCUT2D eigenvalue weighted by Crippen LogP contribution is 2.32. The maximum Gasteiger partial charge on any atom is 0.240 e. The fourth-order valence-electron chi connectivity index (χ4n) is 1.87. The molecule has 8 heteroatoms. The van der Waals surface area contributed by atoms with Gasteiger partial charge < -0.3 is 15.2 Å². The Morgan fingerprint density at radius 2 is 2.05 bits per heavy atom. The van der Waals surface area contributed by atoms with Crippen LogP contribution in [0.3, 0.4) is 0 Å². The molecule has 1 aromatic carbocycles. The molecule has 0 saturated heterocycles. The van der Waals surface area contributed by atoms with Crippen molar-refractivity contribution in [2.75, 3.05) is 13.2 Å². The SMILES string of the molecule is CC(CC(N)=S)NS(=O)(=O)c1ccc2c(c1)OCCO2. The molecule has 1 aromatic rings. The second-order valence-electron chi connectivity index (χ2n) is 4.50. The molecule has 6 nitrogen and oxygen atoms in total. The Morgan fingerprint density at radius 3 is 2.70 bits per heavy atom. The molecule has 0 spiro atoms. The Labute approximate surface area is 123 Å². The summed E-state index contributed by atoms with van der Waals surface area (Å²) in [6, 6.07) is 4.14. The van der Waals surface area contributed by atoms with E-state index in [4.69, 9.17) is 27.4 Å². The minimum absolute atomic E-state index is 0.122. The maximum absolute atomic E-state index is 12.2. The van der Waals surface area contributed by atoms with Gasteiger partial charge in [-0.1, -0.05) is 12.2 Å². The molecular formula is C12H16N2O4S2. The average Bonchev–Trinajstić information content (AvgIpc) is 2.36. The van der Waals surface area contributed by atoms with Gasteiger partial charge in [0.25, 0.3) is 0 Å². The summed E-state index contributed by atoms with van der Waals surface area (Å²) in [7, 11) is -3.64. The van der Waals surface area contributed by atoms with Gasteiger partial charge in [-0.25, -0.2) is 13.1 Å². The van der Waals surface area contributed by atoms with Crippen molar-refractivity contribution in [2.45, 2.75) is 24.3 Å². The summed E-state index contributed by atoms with van der Waals surface area (Å²) in [5, 5.41) is 0. The molecule has 20 heavy (non-hydrogen) atoms. The zero-order valence-corrected chi connectivity index (χ0v) is 12.6. The van der Waals surface area contributed by atoms with Crippen molar-refractivity contribution >= 4 is 27.2 Å². The van der Waals surface area contributed by atoms with Crippen molar-refractivity contribution in [3.63, 3.8) is 0 Å². The summed E-state index contributed by atoms with van der Waals surface area (Å²) in [4.78, 5) is 0.388. The van der Waals surface area contributed by atoms with E-state index in [1.165, 1.54) is 12.1 Å². The molecule has 0 aromatic heterocycles. The Hall–Kier alpha value is -1.38. The highest BCUT2D eigenvalue weighted by Gasteiger charge is 2.21. The Kier molecular flexibility index (Phi) is 4.46. The zero-order chi connectivity index (χ0) is 14.8. The van der Waals surface area contributed by atoms with Crippen molar-refractivity contribution < 1.29 is 17.9 Å². The lowest BCUT2D eigenvalue weighted by atomic mass is 10.3. The number of hydrogen-bond donors (Lipinski definition) is 2. The molecule has 0 amide bonds. The number of nitrogens with two attached hydrogens (primary N) is 1. The van der Waals surface area contributed by atoms with Crippen LogP contribution in [-0.4, -0.2) is 32.7 Å². The average molecular weight is 316 g/mol. The van der Waals surface area contributed by atoms with Crippen LogP contribution in [0.2, 0.25) is 0 Å². The van der Waals surface area contributed by atoms with Crippen LogP contribution in [0.4, 0.5) is 0 Å². The lowest BCUT2D eigenvalue weighted by Gasteiger charge is -2.19. The smallest absolute Gasteiger partial charge is 0.240 e. The molecule has 1 unspecified atom stereocenters. The molecule has 1 heterocycles. The normalized spacial score (nSPS) is 15.7. The quantitative estimate of drug-likeness (QED) is 0.781. The van der Waals surface area contributed by atoms with E-state index in [9.17, 15) is 8.42 Å². The van der Waals surface area contributed by atoms with Gasteiger partial charge in [-0.2, -0.15) is 0 Å². The van der Waals surface area contributed by atoms with Crippen molar-refractivity contribution in [3.05, 3.63) is 18.2 Å². The van der Waals surface area contributed by atoms with Gasteiger partial charge in [-0.3, -0.25) is 0 Å². The van der Waals surface area contributed by atoms with E-state index in [0.29, 0.717) is 31.1 Å². The summed E-state index contributed by atoms with van der Waals surface area (Å²) in [6.07, 6.45) is 0.305. The summed E-state index contributed by atoms with van der Waals surface area (Å²) >= 11 is 4.76. The first-order chi connectivity index (χ1) is 9.38. The Morgan fingerprint density at radius 1 is 1.40 bits per heavy atom. The molecule has 1 aliphatic rings. The van der Waals surface area contributed by atoms with Crippen molar-refractivity contribution in [1.29, 1.82) is 0 Å². The molecule has 1 aliphatic heterocycles. The number of thiocarbonyl (C=S) groups is 1. The van der Waals surface area contributed by atoms with Gasteiger partial charge in [0.05, 0.1) is 9.88 Å². The third-order valence-corrected chi connectivity index (χ3v) is 4.44. The molecule has 110 valence electrons. The van der Waals surface area contributed by atoms with E-state index in [1.54, 1.807) is 13.0 Å². The fourth-order valence-corrected chi connectivity index (χ4v) is 3.38. The first-order valence-corrected chi connectivity index (χ1v) is 7.98. The summed E-state index contributed by atoms with van der Waals surface area (Å²) < 4.78 is 37.7. The predicted octanol–water partition coefficient (Wildman–Crippen LogP) is 0.801. The lowest BCUT2D eigenvalue weighted by Crippen LogP contribution is -2.35. The molecule has 0 aliphatic carbocycles.